The molecule has 0 spiro atoms. The van der Waals surface area contributed by atoms with Crippen LogP contribution in [0.2, 0.25) is 0 Å². The first kappa shape index (κ1) is 17.5. The summed E-state index contributed by atoms with van der Waals surface area (Å²) in [6.45, 7) is 5.49. The van der Waals surface area contributed by atoms with Crippen LogP contribution < -0.4 is 5.32 Å². The van der Waals surface area contributed by atoms with Gasteiger partial charge in [-0.1, -0.05) is 20.8 Å². The van der Waals surface area contributed by atoms with Gasteiger partial charge in [-0.05, 0) is 36.7 Å². The molecule has 0 saturated carbocycles. The van der Waals surface area contributed by atoms with Crippen LogP contribution in [0.15, 0.2) is 0 Å². The Morgan fingerprint density at radius 2 is 2.00 bits per heavy atom. The maximum atomic E-state index is 12.0. The van der Waals surface area contributed by atoms with E-state index < -0.39 is 11.9 Å². The van der Waals surface area contributed by atoms with E-state index >= 15 is 0 Å². The zero-order valence-corrected chi connectivity index (χ0v) is 14.6. The lowest BCUT2D eigenvalue weighted by molar-refractivity contribution is -0.149. The first-order chi connectivity index (χ1) is 10.8. The van der Waals surface area contributed by atoms with Gasteiger partial charge in [0, 0.05) is 4.88 Å². The third kappa shape index (κ3) is 4.80. The molecule has 6 heteroatoms. The van der Waals surface area contributed by atoms with Crippen LogP contribution in [0.3, 0.4) is 0 Å². The third-order valence-corrected chi connectivity index (χ3v) is 4.78. The highest BCUT2D eigenvalue weighted by atomic mass is 32.1. The average Bonchev–Trinajstić information content (AvgIpc) is 2.80. The quantitative estimate of drug-likeness (QED) is 0.856. The zero-order chi connectivity index (χ0) is 17.0. The molecule has 0 aliphatic heterocycles. The Kier molecular flexibility index (Phi) is 5.42. The Bertz CT molecular complexity index is 650. The Morgan fingerprint density at radius 3 is 2.65 bits per heavy atom. The molecule has 0 aromatic carbocycles. The summed E-state index contributed by atoms with van der Waals surface area (Å²) in [5, 5.41) is 12.6. The molecular formula is C17H22N2O3S. The molecule has 0 unspecified atom stereocenters. The van der Waals surface area contributed by atoms with Gasteiger partial charge in [0.1, 0.15) is 11.1 Å². The molecule has 0 fully saturated rings. The molecule has 0 bridgehead atoms. The van der Waals surface area contributed by atoms with Crippen LogP contribution >= 0.6 is 11.3 Å². The van der Waals surface area contributed by atoms with Gasteiger partial charge >= 0.3 is 5.97 Å². The van der Waals surface area contributed by atoms with E-state index in [-0.39, 0.29) is 18.4 Å². The highest BCUT2D eigenvalue weighted by Crippen LogP contribution is 2.37. The zero-order valence-electron chi connectivity index (χ0n) is 13.8. The lowest BCUT2D eigenvalue weighted by atomic mass is 9.92. The number of aryl methyl sites for hydroxylation is 1. The number of carbonyl (C=O) groups excluding carboxylic acids is 2. The van der Waals surface area contributed by atoms with E-state index in [2.05, 4.69) is 11.4 Å². The lowest BCUT2D eigenvalue weighted by Crippen LogP contribution is -2.23. The smallest absolute Gasteiger partial charge is 0.306 e. The fraction of sp³-hybridized carbons (Fsp3) is 0.588. The molecule has 0 radical (unpaired) electrons. The standard InChI is InChI=1S/C17H22N2O3S/c1-17(2,3)8-15(21)22-10-14(20)19-16-12(9-18)11-6-4-5-7-13(11)23-16/h4-8,10H2,1-3H3,(H,19,20). The number of thiophene rings is 1. The number of nitrogens with zero attached hydrogens (tertiary/aromatic N) is 1. The topological polar surface area (TPSA) is 79.2 Å². The van der Waals surface area contributed by atoms with Gasteiger partial charge in [0.15, 0.2) is 6.61 Å². The number of ether oxygens (including phenoxy) is 1. The summed E-state index contributed by atoms with van der Waals surface area (Å²) in [6.07, 6.45) is 4.32. The number of carbonyl (C=O) groups is 2. The minimum absolute atomic E-state index is 0.172. The molecule has 23 heavy (non-hydrogen) atoms. The van der Waals surface area contributed by atoms with Gasteiger partial charge in [-0.15, -0.1) is 11.3 Å². The summed E-state index contributed by atoms with van der Waals surface area (Å²) in [4.78, 5) is 24.8. The fourth-order valence-corrected chi connectivity index (χ4v) is 3.82. The summed E-state index contributed by atoms with van der Waals surface area (Å²) < 4.78 is 5.00. The Hall–Kier alpha value is -1.87. The Labute approximate surface area is 140 Å². The van der Waals surface area contributed by atoms with E-state index in [0.717, 1.165) is 31.2 Å². The Morgan fingerprint density at radius 1 is 1.30 bits per heavy atom. The first-order valence-electron chi connectivity index (χ1n) is 7.80. The molecule has 1 aliphatic carbocycles. The summed E-state index contributed by atoms with van der Waals surface area (Å²) in [6, 6.07) is 2.19. The van der Waals surface area contributed by atoms with Gasteiger partial charge in [0.05, 0.1) is 12.0 Å². The molecule has 1 aromatic rings. The van der Waals surface area contributed by atoms with Gasteiger partial charge in [-0.2, -0.15) is 5.26 Å². The SMILES string of the molecule is CC(C)(C)CC(=O)OCC(=O)Nc1sc2c(c1C#N)CCCC2. The van der Waals surface area contributed by atoms with Crippen molar-refractivity contribution >= 4 is 28.2 Å². The fourth-order valence-electron chi connectivity index (χ4n) is 2.57. The number of rotatable bonds is 4. The van der Waals surface area contributed by atoms with Crippen LogP contribution in [-0.4, -0.2) is 18.5 Å². The van der Waals surface area contributed by atoms with E-state index in [1.165, 1.54) is 16.2 Å². The van der Waals surface area contributed by atoms with Crippen molar-refractivity contribution in [3.05, 3.63) is 16.0 Å². The maximum Gasteiger partial charge on any atom is 0.306 e. The molecule has 2 rings (SSSR count). The highest BCUT2D eigenvalue weighted by Gasteiger charge is 2.22. The number of hydrogen-bond acceptors (Lipinski definition) is 5. The maximum absolute atomic E-state index is 12.0. The minimum atomic E-state index is -0.401. The van der Waals surface area contributed by atoms with Crippen LogP contribution in [0.5, 0.6) is 0 Å². The second-order valence-corrected chi connectivity index (χ2v) is 8.08. The predicted molar refractivity (Wildman–Crippen MR) is 89.3 cm³/mol. The number of fused-ring (bicyclic) bond motifs is 1. The summed E-state index contributed by atoms with van der Waals surface area (Å²) in [7, 11) is 0. The van der Waals surface area contributed by atoms with Gasteiger partial charge < -0.3 is 10.1 Å². The van der Waals surface area contributed by atoms with E-state index in [9.17, 15) is 14.9 Å². The van der Waals surface area contributed by atoms with Gasteiger partial charge in [-0.3, -0.25) is 9.59 Å². The molecule has 1 aromatic heterocycles. The lowest BCUT2D eigenvalue weighted by Gasteiger charge is -2.16. The van der Waals surface area contributed by atoms with Crippen molar-refractivity contribution in [2.24, 2.45) is 5.41 Å². The van der Waals surface area contributed by atoms with Gasteiger partial charge in [0.25, 0.3) is 5.91 Å². The van der Waals surface area contributed by atoms with Crippen molar-refractivity contribution in [2.75, 3.05) is 11.9 Å². The molecule has 1 aliphatic rings. The summed E-state index contributed by atoms with van der Waals surface area (Å²) in [5.74, 6) is -0.791. The number of anilines is 1. The second-order valence-electron chi connectivity index (χ2n) is 6.97. The van der Waals surface area contributed by atoms with E-state index in [1.54, 1.807) is 0 Å². The molecule has 1 N–H and O–H groups in total. The van der Waals surface area contributed by atoms with E-state index in [4.69, 9.17) is 4.74 Å². The van der Waals surface area contributed by atoms with Crippen molar-refractivity contribution in [1.29, 1.82) is 5.26 Å². The molecular weight excluding hydrogens is 312 g/mol. The van der Waals surface area contributed by atoms with Gasteiger partial charge in [0.2, 0.25) is 0 Å². The molecule has 124 valence electrons. The number of esters is 1. The van der Waals surface area contributed by atoms with Gasteiger partial charge in [-0.25, -0.2) is 0 Å². The first-order valence-corrected chi connectivity index (χ1v) is 8.62. The molecule has 1 heterocycles. The van der Waals surface area contributed by atoms with Crippen molar-refractivity contribution in [3.8, 4) is 6.07 Å². The van der Waals surface area contributed by atoms with Crippen molar-refractivity contribution in [2.45, 2.75) is 52.9 Å². The predicted octanol–water partition coefficient (Wildman–Crippen LogP) is 3.42. The molecule has 0 atom stereocenters. The summed E-state index contributed by atoms with van der Waals surface area (Å²) >= 11 is 1.46. The normalized spacial score (nSPS) is 13.8. The van der Waals surface area contributed by atoms with E-state index in [1.807, 2.05) is 20.8 Å². The number of amides is 1. The third-order valence-electron chi connectivity index (χ3n) is 3.57. The number of nitrogens with one attached hydrogen (secondary N) is 1. The monoisotopic (exact) mass is 334 g/mol. The minimum Gasteiger partial charge on any atom is -0.456 e. The summed E-state index contributed by atoms with van der Waals surface area (Å²) in [5.41, 5.74) is 1.47. The van der Waals surface area contributed by atoms with Crippen molar-refractivity contribution < 1.29 is 14.3 Å². The largest absolute Gasteiger partial charge is 0.456 e. The van der Waals surface area contributed by atoms with Crippen LogP contribution in [0.25, 0.3) is 0 Å². The number of nitriles is 1. The highest BCUT2D eigenvalue weighted by molar-refractivity contribution is 7.16. The second kappa shape index (κ2) is 7.14. The average molecular weight is 334 g/mol. The molecule has 0 saturated heterocycles. The Balaban J connectivity index is 1.95. The van der Waals surface area contributed by atoms with Crippen LogP contribution in [0.4, 0.5) is 5.00 Å². The van der Waals surface area contributed by atoms with Crippen LogP contribution in [0, 0.1) is 16.7 Å². The van der Waals surface area contributed by atoms with Crippen molar-refractivity contribution in [1.82, 2.24) is 0 Å². The number of hydrogen-bond donors (Lipinski definition) is 1. The van der Waals surface area contributed by atoms with Crippen LogP contribution in [0.1, 0.15) is 56.0 Å². The van der Waals surface area contributed by atoms with Crippen molar-refractivity contribution in [3.63, 3.8) is 0 Å². The van der Waals surface area contributed by atoms with E-state index in [0.29, 0.717) is 10.6 Å². The van der Waals surface area contributed by atoms with Crippen LogP contribution in [-0.2, 0) is 27.2 Å². The molecule has 5 nitrogen and oxygen atoms in total. The molecule has 1 amide bonds.